The molecule has 1 aromatic carbocycles. The summed E-state index contributed by atoms with van der Waals surface area (Å²) in [5.41, 5.74) is 0.457. The third-order valence-electron chi connectivity index (χ3n) is 4.26. The van der Waals surface area contributed by atoms with E-state index in [2.05, 4.69) is 5.32 Å². The smallest absolute Gasteiger partial charge is 0.322 e. The SMILES string of the molecule is CC(=O)N1CCC(N(C(=O)Nc2ccc(F)c(Cl)c2)C(C)C)CC1. The molecule has 0 aliphatic carbocycles. The molecule has 7 heteroatoms. The van der Waals surface area contributed by atoms with Crippen LogP contribution in [-0.4, -0.2) is 46.9 Å². The Morgan fingerprint density at radius 3 is 2.46 bits per heavy atom. The van der Waals surface area contributed by atoms with Crippen molar-refractivity contribution in [1.29, 1.82) is 0 Å². The van der Waals surface area contributed by atoms with Crippen LogP contribution in [0.4, 0.5) is 14.9 Å². The number of likely N-dealkylation sites (tertiary alicyclic amines) is 1. The number of halogens is 2. The zero-order valence-corrected chi connectivity index (χ0v) is 14.9. The molecule has 3 amide bonds. The summed E-state index contributed by atoms with van der Waals surface area (Å²) in [5.74, 6) is -0.457. The van der Waals surface area contributed by atoms with Crippen molar-refractivity contribution in [2.24, 2.45) is 0 Å². The molecule has 0 bridgehead atoms. The van der Waals surface area contributed by atoms with Gasteiger partial charge in [-0.05, 0) is 44.9 Å². The highest BCUT2D eigenvalue weighted by atomic mass is 35.5. The topological polar surface area (TPSA) is 52.7 Å². The Morgan fingerprint density at radius 2 is 1.96 bits per heavy atom. The summed E-state index contributed by atoms with van der Waals surface area (Å²) in [4.78, 5) is 27.7. The highest BCUT2D eigenvalue weighted by molar-refractivity contribution is 6.31. The molecular weight excluding hydrogens is 333 g/mol. The molecule has 2 rings (SSSR count). The van der Waals surface area contributed by atoms with Gasteiger partial charge in [-0.3, -0.25) is 4.79 Å². The van der Waals surface area contributed by atoms with Crippen LogP contribution in [0.3, 0.4) is 0 Å². The van der Waals surface area contributed by atoms with Gasteiger partial charge in [-0.15, -0.1) is 0 Å². The minimum absolute atomic E-state index is 0.00907. The fourth-order valence-electron chi connectivity index (χ4n) is 3.04. The second-order valence-electron chi connectivity index (χ2n) is 6.30. The van der Waals surface area contributed by atoms with Crippen molar-refractivity contribution in [3.63, 3.8) is 0 Å². The third-order valence-corrected chi connectivity index (χ3v) is 4.55. The number of hydrogen-bond acceptors (Lipinski definition) is 2. The van der Waals surface area contributed by atoms with Crippen LogP contribution >= 0.6 is 11.6 Å². The van der Waals surface area contributed by atoms with Crippen molar-refractivity contribution >= 4 is 29.2 Å². The van der Waals surface area contributed by atoms with Gasteiger partial charge in [0.05, 0.1) is 5.02 Å². The van der Waals surface area contributed by atoms with Crippen molar-refractivity contribution in [1.82, 2.24) is 9.80 Å². The molecule has 1 fully saturated rings. The van der Waals surface area contributed by atoms with E-state index in [0.29, 0.717) is 18.8 Å². The number of hydrogen-bond donors (Lipinski definition) is 1. The Morgan fingerprint density at radius 1 is 1.33 bits per heavy atom. The molecule has 5 nitrogen and oxygen atoms in total. The first-order valence-electron chi connectivity index (χ1n) is 8.09. The van der Waals surface area contributed by atoms with Gasteiger partial charge in [-0.2, -0.15) is 0 Å². The fourth-order valence-corrected chi connectivity index (χ4v) is 3.22. The lowest BCUT2D eigenvalue weighted by Crippen LogP contribution is -2.52. The summed E-state index contributed by atoms with van der Waals surface area (Å²) >= 11 is 5.76. The standard InChI is InChI=1S/C17H23ClFN3O2/c1-11(2)22(14-6-8-21(9-7-14)12(3)23)17(24)20-13-4-5-16(19)15(18)10-13/h4-5,10-11,14H,6-9H2,1-3H3,(H,20,24). The maximum Gasteiger partial charge on any atom is 0.322 e. The average molecular weight is 356 g/mol. The molecule has 1 heterocycles. The van der Waals surface area contributed by atoms with Crippen LogP contribution in [-0.2, 0) is 4.79 Å². The molecule has 24 heavy (non-hydrogen) atoms. The van der Waals surface area contributed by atoms with Crippen molar-refractivity contribution in [2.45, 2.75) is 45.7 Å². The molecule has 1 aliphatic rings. The number of benzene rings is 1. The summed E-state index contributed by atoms with van der Waals surface area (Å²) < 4.78 is 13.2. The predicted molar refractivity (Wildman–Crippen MR) is 92.7 cm³/mol. The number of nitrogens with zero attached hydrogens (tertiary/aromatic N) is 2. The van der Waals surface area contributed by atoms with E-state index in [0.717, 1.165) is 12.8 Å². The average Bonchev–Trinajstić information content (AvgIpc) is 2.51. The quantitative estimate of drug-likeness (QED) is 0.898. The highest BCUT2D eigenvalue weighted by Gasteiger charge is 2.30. The maximum atomic E-state index is 13.2. The molecule has 0 spiro atoms. The van der Waals surface area contributed by atoms with Crippen LogP contribution in [0.25, 0.3) is 0 Å². The zero-order chi connectivity index (χ0) is 17.9. The van der Waals surface area contributed by atoms with Gasteiger partial charge in [-0.1, -0.05) is 11.6 Å². The molecule has 0 saturated carbocycles. The Labute approximate surface area is 146 Å². The summed E-state index contributed by atoms with van der Waals surface area (Å²) in [6, 6.07) is 3.94. The van der Waals surface area contributed by atoms with Crippen LogP contribution in [0.5, 0.6) is 0 Å². The molecule has 0 unspecified atom stereocenters. The van der Waals surface area contributed by atoms with Crippen LogP contribution in [0.2, 0.25) is 5.02 Å². The van der Waals surface area contributed by atoms with Gasteiger partial charge in [0.1, 0.15) is 5.82 Å². The predicted octanol–water partition coefficient (Wildman–Crippen LogP) is 3.73. The molecular formula is C17H23ClFN3O2. The van der Waals surface area contributed by atoms with Crippen molar-refractivity contribution in [2.75, 3.05) is 18.4 Å². The van der Waals surface area contributed by atoms with Crippen LogP contribution in [0.15, 0.2) is 18.2 Å². The second-order valence-corrected chi connectivity index (χ2v) is 6.70. The summed E-state index contributed by atoms with van der Waals surface area (Å²) in [5, 5.41) is 2.75. The van der Waals surface area contributed by atoms with Crippen LogP contribution in [0, 0.1) is 5.82 Å². The van der Waals surface area contributed by atoms with Gasteiger partial charge in [0.2, 0.25) is 5.91 Å². The van der Waals surface area contributed by atoms with Gasteiger partial charge in [0.15, 0.2) is 0 Å². The number of piperidine rings is 1. The third kappa shape index (κ3) is 4.38. The number of rotatable bonds is 3. The monoisotopic (exact) mass is 355 g/mol. The van der Waals surface area contributed by atoms with Gasteiger partial charge in [-0.25, -0.2) is 9.18 Å². The number of urea groups is 1. The van der Waals surface area contributed by atoms with Crippen LogP contribution in [0.1, 0.15) is 33.6 Å². The lowest BCUT2D eigenvalue weighted by Gasteiger charge is -2.40. The Balaban J connectivity index is 2.05. The minimum atomic E-state index is -0.521. The summed E-state index contributed by atoms with van der Waals surface area (Å²) in [6.45, 7) is 6.77. The van der Waals surface area contributed by atoms with E-state index in [9.17, 15) is 14.0 Å². The van der Waals surface area contributed by atoms with Crippen LogP contribution < -0.4 is 5.32 Å². The summed E-state index contributed by atoms with van der Waals surface area (Å²) in [7, 11) is 0. The second kappa shape index (κ2) is 7.83. The van der Waals surface area contributed by atoms with Crippen molar-refractivity contribution in [3.05, 3.63) is 29.0 Å². The number of carbonyl (C=O) groups is 2. The van der Waals surface area contributed by atoms with E-state index in [1.54, 1.807) is 16.7 Å². The molecule has 0 aromatic heterocycles. The Hall–Kier alpha value is -1.82. The van der Waals surface area contributed by atoms with Gasteiger partial charge >= 0.3 is 6.03 Å². The van der Waals surface area contributed by atoms with E-state index in [4.69, 9.17) is 11.6 Å². The first-order chi connectivity index (χ1) is 11.3. The zero-order valence-electron chi connectivity index (χ0n) is 14.2. The first-order valence-corrected chi connectivity index (χ1v) is 8.47. The van der Waals surface area contributed by atoms with E-state index in [1.165, 1.54) is 18.2 Å². The number of carbonyl (C=O) groups excluding carboxylic acids is 2. The lowest BCUT2D eigenvalue weighted by molar-refractivity contribution is -0.130. The first kappa shape index (κ1) is 18.5. The Kier molecular flexibility index (Phi) is 6.04. The largest absolute Gasteiger partial charge is 0.343 e. The minimum Gasteiger partial charge on any atom is -0.343 e. The maximum absolute atomic E-state index is 13.2. The van der Waals surface area contributed by atoms with Crippen molar-refractivity contribution in [3.8, 4) is 0 Å². The van der Waals surface area contributed by atoms with Gasteiger partial charge in [0, 0.05) is 37.8 Å². The van der Waals surface area contributed by atoms with E-state index in [1.807, 2.05) is 13.8 Å². The summed E-state index contributed by atoms with van der Waals surface area (Å²) in [6.07, 6.45) is 1.49. The fraction of sp³-hybridized carbons (Fsp3) is 0.529. The van der Waals surface area contributed by atoms with Crippen molar-refractivity contribution < 1.29 is 14.0 Å². The Bertz CT molecular complexity index is 616. The number of amides is 3. The van der Waals surface area contributed by atoms with Gasteiger partial charge < -0.3 is 15.1 Å². The molecule has 1 saturated heterocycles. The highest BCUT2D eigenvalue weighted by Crippen LogP contribution is 2.23. The van der Waals surface area contributed by atoms with Gasteiger partial charge in [0.25, 0.3) is 0 Å². The number of anilines is 1. The molecule has 1 aromatic rings. The lowest BCUT2D eigenvalue weighted by atomic mass is 10.0. The molecule has 1 N–H and O–H groups in total. The molecule has 0 atom stereocenters. The number of nitrogens with one attached hydrogen (secondary N) is 1. The normalized spacial score (nSPS) is 15.5. The molecule has 132 valence electrons. The molecule has 1 aliphatic heterocycles. The molecule has 0 radical (unpaired) electrons. The van der Waals surface area contributed by atoms with E-state index < -0.39 is 5.82 Å². The van der Waals surface area contributed by atoms with E-state index in [-0.39, 0.29) is 29.0 Å². The van der Waals surface area contributed by atoms with E-state index >= 15 is 0 Å².